The molecule has 1 aliphatic rings. The SMILES string of the molecule is O=C(NCc1ccccc1)c1ccc2nc(N3CCc4ccccc4C3)sc2c1. The first kappa shape index (κ1) is 17.9. The molecule has 0 bridgehead atoms. The number of nitrogens with zero attached hydrogens (tertiary/aromatic N) is 2. The van der Waals surface area contributed by atoms with Crippen LogP contribution in [0.15, 0.2) is 72.8 Å². The number of nitrogens with one attached hydrogen (secondary N) is 1. The van der Waals surface area contributed by atoms with Gasteiger partial charge in [-0.25, -0.2) is 4.98 Å². The smallest absolute Gasteiger partial charge is 0.251 e. The standard InChI is InChI=1S/C24H21N3OS/c28-23(25-15-17-6-2-1-3-7-17)19-10-11-21-22(14-19)29-24(26-21)27-13-12-18-8-4-5-9-20(18)16-27/h1-11,14H,12-13,15-16H2,(H,25,28). The zero-order chi connectivity index (χ0) is 19.6. The van der Waals surface area contributed by atoms with E-state index in [0.29, 0.717) is 12.1 Å². The highest BCUT2D eigenvalue weighted by Gasteiger charge is 2.19. The molecule has 5 rings (SSSR count). The Morgan fingerprint density at radius 1 is 1.00 bits per heavy atom. The highest BCUT2D eigenvalue weighted by Crippen LogP contribution is 2.32. The first-order chi connectivity index (χ1) is 14.3. The summed E-state index contributed by atoms with van der Waals surface area (Å²) in [6.07, 6.45) is 1.04. The summed E-state index contributed by atoms with van der Waals surface area (Å²) in [4.78, 5) is 19.7. The lowest BCUT2D eigenvalue weighted by Crippen LogP contribution is -2.30. The van der Waals surface area contributed by atoms with E-state index in [1.165, 1.54) is 11.1 Å². The van der Waals surface area contributed by atoms with Crippen LogP contribution in [0.2, 0.25) is 0 Å². The van der Waals surface area contributed by atoms with Gasteiger partial charge in [-0.3, -0.25) is 4.79 Å². The zero-order valence-corrected chi connectivity index (χ0v) is 16.8. The monoisotopic (exact) mass is 399 g/mol. The second kappa shape index (κ2) is 7.68. The van der Waals surface area contributed by atoms with Gasteiger partial charge < -0.3 is 10.2 Å². The van der Waals surface area contributed by atoms with Gasteiger partial charge in [-0.05, 0) is 41.3 Å². The maximum Gasteiger partial charge on any atom is 0.251 e. The minimum atomic E-state index is -0.0578. The van der Waals surface area contributed by atoms with Crippen molar-refractivity contribution in [3.05, 3.63) is 95.1 Å². The van der Waals surface area contributed by atoms with Crippen LogP contribution in [0.1, 0.15) is 27.0 Å². The number of anilines is 1. The van der Waals surface area contributed by atoms with Gasteiger partial charge in [0.05, 0.1) is 10.2 Å². The summed E-state index contributed by atoms with van der Waals surface area (Å²) in [5.41, 5.74) is 5.52. The lowest BCUT2D eigenvalue weighted by Gasteiger charge is -2.28. The lowest BCUT2D eigenvalue weighted by molar-refractivity contribution is 0.0951. The van der Waals surface area contributed by atoms with Gasteiger partial charge in [-0.1, -0.05) is 65.9 Å². The molecule has 1 aliphatic heterocycles. The summed E-state index contributed by atoms with van der Waals surface area (Å²) in [6.45, 7) is 2.39. The summed E-state index contributed by atoms with van der Waals surface area (Å²) in [5, 5.41) is 4.02. The van der Waals surface area contributed by atoms with Gasteiger partial charge in [0, 0.05) is 25.2 Å². The fraction of sp³-hybridized carbons (Fsp3) is 0.167. The van der Waals surface area contributed by atoms with Gasteiger partial charge in [0.2, 0.25) is 0 Å². The predicted octanol–water partition coefficient (Wildman–Crippen LogP) is 4.79. The van der Waals surface area contributed by atoms with Crippen molar-refractivity contribution in [2.24, 2.45) is 0 Å². The van der Waals surface area contributed by atoms with Crippen LogP contribution in [0.25, 0.3) is 10.2 Å². The zero-order valence-electron chi connectivity index (χ0n) is 16.0. The Hall–Kier alpha value is -3.18. The molecule has 0 saturated carbocycles. The molecule has 4 nitrogen and oxygen atoms in total. The van der Waals surface area contributed by atoms with Crippen molar-refractivity contribution in [2.75, 3.05) is 11.4 Å². The van der Waals surface area contributed by atoms with Gasteiger partial charge in [0.25, 0.3) is 5.91 Å². The molecule has 1 aromatic heterocycles. The Kier molecular flexibility index (Phi) is 4.74. The third-order valence-electron chi connectivity index (χ3n) is 5.34. The Morgan fingerprint density at radius 2 is 1.79 bits per heavy atom. The number of thiazole rings is 1. The fourth-order valence-corrected chi connectivity index (χ4v) is 4.76. The van der Waals surface area contributed by atoms with E-state index in [2.05, 4.69) is 34.5 Å². The summed E-state index contributed by atoms with van der Waals surface area (Å²) in [5.74, 6) is -0.0578. The minimum Gasteiger partial charge on any atom is -0.348 e. The van der Waals surface area contributed by atoms with Crippen molar-refractivity contribution < 1.29 is 4.79 Å². The van der Waals surface area contributed by atoms with Crippen molar-refractivity contribution in [3.63, 3.8) is 0 Å². The number of fused-ring (bicyclic) bond motifs is 2. The Labute approximate surface area is 173 Å². The van der Waals surface area contributed by atoms with E-state index in [1.54, 1.807) is 11.3 Å². The summed E-state index contributed by atoms with van der Waals surface area (Å²) < 4.78 is 1.05. The number of carbonyl (C=O) groups is 1. The van der Waals surface area contributed by atoms with E-state index in [0.717, 1.165) is 40.4 Å². The molecule has 2 heterocycles. The van der Waals surface area contributed by atoms with Crippen molar-refractivity contribution in [1.82, 2.24) is 10.3 Å². The molecule has 1 N–H and O–H groups in total. The Balaban J connectivity index is 1.33. The Morgan fingerprint density at radius 3 is 2.66 bits per heavy atom. The molecule has 0 radical (unpaired) electrons. The predicted molar refractivity (Wildman–Crippen MR) is 118 cm³/mol. The molecular formula is C24H21N3OS. The van der Waals surface area contributed by atoms with Gasteiger partial charge in [-0.15, -0.1) is 0 Å². The highest BCUT2D eigenvalue weighted by atomic mass is 32.1. The number of benzene rings is 3. The molecular weight excluding hydrogens is 378 g/mol. The number of hydrogen-bond acceptors (Lipinski definition) is 4. The second-order valence-electron chi connectivity index (χ2n) is 7.29. The number of hydrogen-bond donors (Lipinski definition) is 1. The van der Waals surface area contributed by atoms with Crippen molar-refractivity contribution in [1.29, 1.82) is 0 Å². The topological polar surface area (TPSA) is 45.2 Å². The number of rotatable bonds is 4. The second-order valence-corrected chi connectivity index (χ2v) is 8.30. The van der Waals surface area contributed by atoms with Crippen LogP contribution in [-0.4, -0.2) is 17.4 Å². The molecule has 0 aliphatic carbocycles. The molecule has 0 unspecified atom stereocenters. The van der Waals surface area contributed by atoms with Crippen molar-refractivity contribution in [3.8, 4) is 0 Å². The first-order valence-electron chi connectivity index (χ1n) is 9.81. The molecule has 3 aromatic carbocycles. The van der Waals surface area contributed by atoms with Crippen LogP contribution in [0.5, 0.6) is 0 Å². The number of carbonyl (C=O) groups excluding carboxylic acids is 1. The first-order valence-corrected chi connectivity index (χ1v) is 10.6. The van der Waals surface area contributed by atoms with Crippen LogP contribution in [-0.2, 0) is 19.5 Å². The fourth-order valence-electron chi connectivity index (χ4n) is 3.73. The van der Waals surface area contributed by atoms with E-state index in [1.807, 2.05) is 48.5 Å². The molecule has 0 atom stereocenters. The van der Waals surface area contributed by atoms with Gasteiger partial charge >= 0.3 is 0 Å². The van der Waals surface area contributed by atoms with Crippen LogP contribution in [0, 0.1) is 0 Å². The Bertz CT molecular complexity index is 1170. The lowest BCUT2D eigenvalue weighted by atomic mass is 10.0. The van der Waals surface area contributed by atoms with Crippen LogP contribution in [0.4, 0.5) is 5.13 Å². The van der Waals surface area contributed by atoms with E-state index >= 15 is 0 Å². The molecule has 0 saturated heterocycles. The van der Waals surface area contributed by atoms with Crippen molar-refractivity contribution in [2.45, 2.75) is 19.5 Å². The number of amides is 1. The van der Waals surface area contributed by atoms with E-state index in [9.17, 15) is 4.79 Å². The highest BCUT2D eigenvalue weighted by molar-refractivity contribution is 7.22. The largest absolute Gasteiger partial charge is 0.348 e. The van der Waals surface area contributed by atoms with Crippen LogP contribution in [0.3, 0.4) is 0 Å². The maximum atomic E-state index is 12.6. The van der Waals surface area contributed by atoms with E-state index in [-0.39, 0.29) is 5.91 Å². The average Bonchev–Trinajstić information content (AvgIpc) is 3.21. The third kappa shape index (κ3) is 3.74. The molecule has 5 heteroatoms. The third-order valence-corrected chi connectivity index (χ3v) is 6.42. The van der Waals surface area contributed by atoms with Crippen LogP contribution >= 0.6 is 11.3 Å². The van der Waals surface area contributed by atoms with Gasteiger partial charge in [0.15, 0.2) is 5.13 Å². The van der Waals surface area contributed by atoms with E-state index < -0.39 is 0 Å². The number of aromatic nitrogens is 1. The molecule has 1 amide bonds. The summed E-state index contributed by atoms with van der Waals surface area (Å²) >= 11 is 1.66. The van der Waals surface area contributed by atoms with Gasteiger partial charge in [0.1, 0.15) is 0 Å². The average molecular weight is 400 g/mol. The van der Waals surface area contributed by atoms with Crippen molar-refractivity contribution >= 4 is 32.6 Å². The van der Waals surface area contributed by atoms with E-state index in [4.69, 9.17) is 4.98 Å². The minimum absolute atomic E-state index is 0.0578. The molecule has 144 valence electrons. The maximum absolute atomic E-state index is 12.6. The molecule has 29 heavy (non-hydrogen) atoms. The molecule has 0 spiro atoms. The van der Waals surface area contributed by atoms with Crippen LogP contribution < -0.4 is 10.2 Å². The summed E-state index contributed by atoms with van der Waals surface area (Å²) in [7, 11) is 0. The molecule has 4 aromatic rings. The van der Waals surface area contributed by atoms with Gasteiger partial charge in [-0.2, -0.15) is 0 Å². The molecule has 0 fully saturated rings. The normalized spacial score (nSPS) is 13.3. The summed E-state index contributed by atoms with van der Waals surface area (Å²) in [6, 6.07) is 24.3. The quantitative estimate of drug-likeness (QED) is 0.537.